The molecule has 0 aromatic carbocycles. The maximum Gasteiger partial charge on any atom is 0.186 e. The molecule has 2 rings (SSSR count). The van der Waals surface area contributed by atoms with Gasteiger partial charge >= 0.3 is 0 Å². The van der Waals surface area contributed by atoms with Crippen LogP contribution >= 0.6 is 11.3 Å². The molecular formula is C14H25N3S. The first-order chi connectivity index (χ1) is 8.45. The number of rotatable bonds is 4. The quantitative estimate of drug-likeness (QED) is 0.905. The van der Waals surface area contributed by atoms with Gasteiger partial charge in [-0.3, -0.25) is 0 Å². The van der Waals surface area contributed by atoms with Crippen molar-refractivity contribution in [3.05, 3.63) is 10.6 Å². The van der Waals surface area contributed by atoms with Gasteiger partial charge in [0.05, 0.1) is 5.69 Å². The average molecular weight is 267 g/mol. The molecule has 1 aliphatic heterocycles. The first-order valence-corrected chi connectivity index (χ1v) is 7.75. The van der Waals surface area contributed by atoms with Crippen molar-refractivity contribution in [3.8, 4) is 0 Å². The molecule has 0 bridgehead atoms. The summed E-state index contributed by atoms with van der Waals surface area (Å²) in [6.07, 6.45) is 2.55. The molecule has 102 valence electrons. The second-order valence-electron chi connectivity index (χ2n) is 5.79. The summed E-state index contributed by atoms with van der Waals surface area (Å²) in [6, 6.07) is 0.409. The number of hydrogen-bond acceptors (Lipinski definition) is 4. The van der Waals surface area contributed by atoms with Gasteiger partial charge in [-0.2, -0.15) is 0 Å². The maximum atomic E-state index is 4.80. The lowest BCUT2D eigenvalue weighted by Crippen LogP contribution is -2.38. The van der Waals surface area contributed by atoms with Crippen molar-refractivity contribution in [2.24, 2.45) is 0 Å². The Labute approximate surface area is 115 Å². The summed E-state index contributed by atoms with van der Waals surface area (Å²) in [5.74, 6) is 0. The third kappa shape index (κ3) is 2.54. The molecule has 0 aliphatic carbocycles. The van der Waals surface area contributed by atoms with Crippen LogP contribution in [0.4, 0.5) is 5.13 Å². The van der Waals surface area contributed by atoms with E-state index in [0.29, 0.717) is 6.04 Å². The van der Waals surface area contributed by atoms with Crippen LogP contribution in [0.15, 0.2) is 0 Å². The molecule has 4 heteroatoms. The summed E-state index contributed by atoms with van der Waals surface area (Å²) >= 11 is 1.86. The summed E-state index contributed by atoms with van der Waals surface area (Å²) in [7, 11) is 0. The lowest BCUT2D eigenvalue weighted by atomic mass is 10.0. The molecule has 0 radical (unpaired) electrons. The first kappa shape index (κ1) is 13.8. The van der Waals surface area contributed by atoms with Crippen LogP contribution in [0.25, 0.3) is 0 Å². The molecule has 0 spiro atoms. The molecule has 0 saturated carbocycles. The van der Waals surface area contributed by atoms with E-state index in [2.05, 4.69) is 44.8 Å². The first-order valence-electron chi connectivity index (χ1n) is 6.94. The lowest BCUT2D eigenvalue weighted by molar-refractivity contribution is 0.517. The van der Waals surface area contributed by atoms with Crippen molar-refractivity contribution in [3.63, 3.8) is 0 Å². The number of aromatic nitrogens is 1. The van der Waals surface area contributed by atoms with Gasteiger partial charge in [-0.15, -0.1) is 0 Å². The summed E-state index contributed by atoms with van der Waals surface area (Å²) in [6.45, 7) is 13.3. The van der Waals surface area contributed by atoms with Gasteiger partial charge in [0.25, 0.3) is 0 Å². The molecule has 0 amide bonds. The Morgan fingerprint density at radius 2 is 2.22 bits per heavy atom. The Hall–Kier alpha value is -0.610. The number of hydrogen-bond donors (Lipinski definition) is 1. The molecule has 1 aromatic rings. The fraction of sp³-hybridized carbons (Fsp3) is 0.786. The lowest BCUT2D eigenvalue weighted by Gasteiger charge is -2.31. The molecule has 1 aromatic heterocycles. The Balaban J connectivity index is 2.23. The van der Waals surface area contributed by atoms with Crippen LogP contribution in [0.5, 0.6) is 0 Å². The molecule has 1 fully saturated rings. The molecule has 1 N–H and O–H groups in total. The zero-order valence-corrected chi connectivity index (χ0v) is 13.0. The molecule has 1 aliphatic rings. The second kappa shape index (κ2) is 5.17. The summed E-state index contributed by atoms with van der Waals surface area (Å²) in [4.78, 5) is 8.66. The fourth-order valence-corrected chi connectivity index (χ4v) is 4.05. The highest BCUT2D eigenvalue weighted by Gasteiger charge is 2.34. The van der Waals surface area contributed by atoms with Gasteiger partial charge in [-0.25, -0.2) is 4.98 Å². The van der Waals surface area contributed by atoms with E-state index in [1.165, 1.54) is 28.5 Å². The van der Waals surface area contributed by atoms with Crippen LogP contribution in [0.3, 0.4) is 0 Å². The van der Waals surface area contributed by atoms with Crippen LogP contribution in [0, 0.1) is 6.92 Å². The van der Waals surface area contributed by atoms with E-state index in [0.717, 1.165) is 13.1 Å². The molecule has 1 atom stereocenters. The van der Waals surface area contributed by atoms with Gasteiger partial charge in [0.1, 0.15) is 0 Å². The third-order valence-electron chi connectivity index (χ3n) is 3.86. The van der Waals surface area contributed by atoms with Gasteiger partial charge in [0, 0.05) is 23.0 Å². The van der Waals surface area contributed by atoms with Crippen LogP contribution in [-0.4, -0.2) is 23.6 Å². The van der Waals surface area contributed by atoms with Crippen molar-refractivity contribution in [2.75, 3.05) is 18.0 Å². The molecule has 1 saturated heterocycles. The number of thiazole rings is 1. The SMILES string of the molecule is CCNC(C)c1sc(N2CCCC2(C)C)nc1C. The van der Waals surface area contributed by atoms with E-state index in [1.54, 1.807) is 0 Å². The molecule has 3 nitrogen and oxygen atoms in total. The van der Waals surface area contributed by atoms with Gasteiger partial charge in [-0.05, 0) is 47.1 Å². The monoisotopic (exact) mass is 267 g/mol. The maximum absolute atomic E-state index is 4.80. The highest BCUT2D eigenvalue weighted by molar-refractivity contribution is 7.15. The highest BCUT2D eigenvalue weighted by Crippen LogP contribution is 2.38. The minimum atomic E-state index is 0.267. The summed E-state index contributed by atoms with van der Waals surface area (Å²) in [5.41, 5.74) is 1.45. The predicted molar refractivity (Wildman–Crippen MR) is 79.6 cm³/mol. The van der Waals surface area contributed by atoms with Crippen LogP contribution in [0.1, 0.15) is 57.1 Å². The van der Waals surface area contributed by atoms with Crippen LogP contribution < -0.4 is 10.2 Å². The zero-order chi connectivity index (χ0) is 13.3. The molecule has 2 heterocycles. The fourth-order valence-electron chi connectivity index (χ4n) is 2.77. The Morgan fingerprint density at radius 1 is 1.50 bits per heavy atom. The van der Waals surface area contributed by atoms with Crippen LogP contribution in [-0.2, 0) is 0 Å². The predicted octanol–water partition coefficient (Wildman–Crippen LogP) is 3.50. The largest absolute Gasteiger partial charge is 0.343 e. The topological polar surface area (TPSA) is 28.2 Å². The Kier molecular flexibility index (Phi) is 3.97. The Bertz CT molecular complexity index is 411. The summed E-state index contributed by atoms with van der Waals surface area (Å²) in [5, 5.41) is 4.68. The van der Waals surface area contributed by atoms with Gasteiger partial charge < -0.3 is 10.2 Å². The zero-order valence-electron chi connectivity index (χ0n) is 12.2. The van der Waals surface area contributed by atoms with Gasteiger partial charge in [-0.1, -0.05) is 18.3 Å². The molecule has 1 unspecified atom stereocenters. The second-order valence-corrected chi connectivity index (χ2v) is 6.80. The number of aryl methyl sites for hydroxylation is 1. The van der Waals surface area contributed by atoms with Crippen molar-refractivity contribution in [1.29, 1.82) is 0 Å². The van der Waals surface area contributed by atoms with Crippen molar-refractivity contribution >= 4 is 16.5 Å². The van der Waals surface area contributed by atoms with E-state index in [1.807, 2.05) is 11.3 Å². The number of anilines is 1. The van der Waals surface area contributed by atoms with Gasteiger partial charge in [0.2, 0.25) is 0 Å². The van der Waals surface area contributed by atoms with Crippen molar-refractivity contribution in [2.45, 2.75) is 59.0 Å². The van der Waals surface area contributed by atoms with E-state index in [-0.39, 0.29) is 5.54 Å². The average Bonchev–Trinajstić information content (AvgIpc) is 2.81. The van der Waals surface area contributed by atoms with Gasteiger partial charge in [0.15, 0.2) is 5.13 Å². The minimum absolute atomic E-state index is 0.267. The minimum Gasteiger partial charge on any atom is -0.343 e. The highest BCUT2D eigenvalue weighted by atomic mass is 32.1. The molecule has 18 heavy (non-hydrogen) atoms. The number of nitrogens with one attached hydrogen (secondary N) is 1. The van der Waals surface area contributed by atoms with E-state index in [4.69, 9.17) is 4.98 Å². The third-order valence-corrected chi connectivity index (χ3v) is 5.22. The Morgan fingerprint density at radius 3 is 2.78 bits per heavy atom. The number of nitrogens with zero attached hydrogens (tertiary/aromatic N) is 2. The summed E-state index contributed by atoms with van der Waals surface area (Å²) < 4.78 is 0. The van der Waals surface area contributed by atoms with E-state index in [9.17, 15) is 0 Å². The van der Waals surface area contributed by atoms with Crippen molar-refractivity contribution in [1.82, 2.24) is 10.3 Å². The van der Waals surface area contributed by atoms with E-state index >= 15 is 0 Å². The smallest absolute Gasteiger partial charge is 0.186 e. The van der Waals surface area contributed by atoms with E-state index < -0.39 is 0 Å². The standard InChI is InChI=1S/C14H25N3S/c1-6-15-10(2)12-11(3)16-13(18-12)17-9-7-8-14(17,4)5/h10,15H,6-9H2,1-5H3. The van der Waals surface area contributed by atoms with Crippen LogP contribution in [0.2, 0.25) is 0 Å². The molecular weight excluding hydrogens is 242 g/mol. The normalized spacial score (nSPS) is 20.4. The van der Waals surface area contributed by atoms with Crippen molar-refractivity contribution < 1.29 is 0 Å².